The Labute approximate surface area is 100 Å². The fourth-order valence-corrected chi connectivity index (χ4v) is 1.79. The first-order valence-electron chi connectivity index (χ1n) is 5.60. The highest BCUT2D eigenvalue weighted by Crippen LogP contribution is 2.09. The van der Waals surface area contributed by atoms with Gasteiger partial charge in [-0.05, 0) is 25.3 Å². The Kier molecular flexibility index (Phi) is 3.32. The van der Waals surface area contributed by atoms with Gasteiger partial charge in [0.1, 0.15) is 5.69 Å². The van der Waals surface area contributed by atoms with Crippen LogP contribution in [0.15, 0.2) is 24.3 Å². The van der Waals surface area contributed by atoms with E-state index in [1.54, 1.807) is 4.68 Å². The zero-order valence-electron chi connectivity index (χ0n) is 10.1. The smallest absolute Gasteiger partial charge is 0.172 e. The topological polar surface area (TPSA) is 47.8 Å². The van der Waals surface area contributed by atoms with Crippen LogP contribution in [0, 0.1) is 6.92 Å². The lowest BCUT2D eigenvalue weighted by Gasteiger charge is -2.03. The maximum Gasteiger partial charge on any atom is 0.172 e. The summed E-state index contributed by atoms with van der Waals surface area (Å²) in [5.41, 5.74) is 3.85. The molecule has 2 rings (SSSR count). The molecule has 4 nitrogen and oxygen atoms in total. The van der Waals surface area contributed by atoms with E-state index in [9.17, 15) is 4.79 Å². The van der Waals surface area contributed by atoms with Crippen LogP contribution < -0.4 is 0 Å². The quantitative estimate of drug-likeness (QED) is 0.750. The van der Waals surface area contributed by atoms with Crippen molar-refractivity contribution in [2.24, 2.45) is 7.05 Å². The summed E-state index contributed by atoms with van der Waals surface area (Å²) in [7, 11) is 1.81. The monoisotopic (exact) mass is 229 g/mol. The number of rotatable bonds is 4. The molecule has 0 aliphatic carbocycles. The van der Waals surface area contributed by atoms with Crippen molar-refractivity contribution in [2.75, 3.05) is 0 Å². The molecule has 1 aromatic carbocycles. The van der Waals surface area contributed by atoms with Crippen LogP contribution in [0.3, 0.4) is 0 Å². The molecule has 0 unspecified atom stereocenters. The van der Waals surface area contributed by atoms with Gasteiger partial charge in [0.15, 0.2) is 6.29 Å². The Balaban J connectivity index is 2.09. The maximum atomic E-state index is 10.8. The molecule has 0 atom stereocenters. The van der Waals surface area contributed by atoms with E-state index in [0.29, 0.717) is 5.69 Å². The van der Waals surface area contributed by atoms with Crippen molar-refractivity contribution in [1.29, 1.82) is 0 Å². The molecule has 0 aliphatic heterocycles. The van der Waals surface area contributed by atoms with Gasteiger partial charge in [-0.2, -0.15) is 0 Å². The van der Waals surface area contributed by atoms with E-state index in [1.165, 1.54) is 11.1 Å². The number of carbonyl (C=O) groups is 1. The number of hydrogen-bond acceptors (Lipinski definition) is 3. The van der Waals surface area contributed by atoms with Crippen molar-refractivity contribution in [3.63, 3.8) is 0 Å². The molecule has 4 heteroatoms. The molecule has 1 aromatic heterocycles. The molecule has 2 aromatic rings. The molecule has 0 bridgehead atoms. The van der Waals surface area contributed by atoms with E-state index >= 15 is 0 Å². The van der Waals surface area contributed by atoms with Gasteiger partial charge in [-0.3, -0.25) is 9.48 Å². The highest BCUT2D eigenvalue weighted by Gasteiger charge is 2.09. The summed E-state index contributed by atoms with van der Waals surface area (Å²) >= 11 is 0. The molecule has 88 valence electrons. The van der Waals surface area contributed by atoms with E-state index in [0.717, 1.165) is 24.8 Å². The van der Waals surface area contributed by atoms with Crippen molar-refractivity contribution in [1.82, 2.24) is 15.0 Å². The molecule has 0 amide bonds. The SMILES string of the molecule is Cc1ccc(CCc2c(C=O)nnn2C)cc1. The van der Waals surface area contributed by atoms with Crippen LogP contribution in [0.25, 0.3) is 0 Å². The van der Waals surface area contributed by atoms with Gasteiger partial charge in [0.05, 0.1) is 5.69 Å². The average molecular weight is 229 g/mol. The Morgan fingerprint density at radius 2 is 1.94 bits per heavy atom. The minimum atomic E-state index is 0.444. The fourth-order valence-electron chi connectivity index (χ4n) is 1.79. The third kappa shape index (κ3) is 2.58. The van der Waals surface area contributed by atoms with Crippen LogP contribution in [0.2, 0.25) is 0 Å². The third-order valence-corrected chi connectivity index (χ3v) is 2.86. The summed E-state index contributed by atoms with van der Waals surface area (Å²) in [5.74, 6) is 0. The van der Waals surface area contributed by atoms with Crippen LogP contribution in [-0.4, -0.2) is 21.3 Å². The first kappa shape index (κ1) is 11.5. The Hall–Kier alpha value is -1.97. The largest absolute Gasteiger partial charge is 0.296 e. The number of aryl methyl sites for hydroxylation is 3. The molecule has 0 aliphatic rings. The molecule has 0 saturated carbocycles. The average Bonchev–Trinajstić information content (AvgIpc) is 2.69. The highest BCUT2D eigenvalue weighted by molar-refractivity contribution is 5.73. The van der Waals surface area contributed by atoms with E-state index in [2.05, 4.69) is 41.5 Å². The normalized spacial score (nSPS) is 10.5. The number of benzene rings is 1. The Morgan fingerprint density at radius 1 is 1.24 bits per heavy atom. The van der Waals surface area contributed by atoms with Gasteiger partial charge < -0.3 is 0 Å². The van der Waals surface area contributed by atoms with E-state index in [4.69, 9.17) is 0 Å². The van der Waals surface area contributed by atoms with Gasteiger partial charge in [0, 0.05) is 7.05 Å². The molecule has 0 saturated heterocycles. The standard InChI is InChI=1S/C13H15N3O/c1-10-3-5-11(6-4-10)7-8-13-12(9-17)14-15-16(13)2/h3-6,9H,7-8H2,1-2H3. The minimum absolute atomic E-state index is 0.444. The second kappa shape index (κ2) is 4.91. The van der Waals surface area contributed by atoms with Crippen LogP contribution in [0.4, 0.5) is 0 Å². The zero-order valence-corrected chi connectivity index (χ0v) is 10.1. The van der Waals surface area contributed by atoms with Crippen molar-refractivity contribution in [2.45, 2.75) is 19.8 Å². The van der Waals surface area contributed by atoms with E-state index < -0.39 is 0 Å². The van der Waals surface area contributed by atoms with E-state index in [-0.39, 0.29) is 0 Å². The lowest BCUT2D eigenvalue weighted by molar-refractivity contribution is 0.111. The van der Waals surface area contributed by atoms with Gasteiger partial charge in [-0.1, -0.05) is 35.0 Å². The van der Waals surface area contributed by atoms with Gasteiger partial charge in [-0.25, -0.2) is 0 Å². The Morgan fingerprint density at radius 3 is 2.59 bits per heavy atom. The zero-order chi connectivity index (χ0) is 12.3. The van der Waals surface area contributed by atoms with Gasteiger partial charge >= 0.3 is 0 Å². The van der Waals surface area contributed by atoms with Gasteiger partial charge in [0.2, 0.25) is 0 Å². The molecule has 0 radical (unpaired) electrons. The van der Waals surface area contributed by atoms with E-state index in [1.807, 2.05) is 7.05 Å². The molecule has 0 N–H and O–H groups in total. The fraction of sp³-hybridized carbons (Fsp3) is 0.308. The predicted molar refractivity (Wildman–Crippen MR) is 65.0 cm³/mol. The summed E-state index contributed by atoms with van der Waals surface area (Å²) in [6.07, 6.45) is 2.43. The molecular weight excluding hydrogens is 214 g/mol. The van der Waals surface area contributed by atoms with Crippen LogP contribution >= 0.6 is 0 Å². The first-order chi connectivity index (χ1) is 8.20. The summed E-state index contributed by atoms with van der Waals surface area (Å²) in [4.78, 5) is 10.8. The van der Waals surface area contributed by atoms with Gasteiger partial charge in [0.25, 0.3) is 0 Å². The number of aldehydes is 1. The second-order valence-corrected chi connectivity index (χ2v) is 4.15. The van der Waals surface area contributed by atoms with Crippen LogP contribution in [-0.2, 0) is 19.9 Å². The first-order valence-corrected chi connectivity index (χ1v) is 5.60. The highest BCUT2D eigenvalue weighted by atomic mass is 16.1. The molecule has 0 spiro atoms. The predicted octanol–water partition coefficient (Wildman–Crippen LogP) is 1.72. The number of hydrogen-bond donors (Lipinski definition) is 0. The molecule has 17 heavy (non-hydrogen) atoms. The maximum absolute atomic E-state index is 10.8. The van der Waals surface area contributed by atoms with Crippen molar-refractivity contribution >= 4 is 6.29 Å². The number of carbonyl (C=O) groups excluding carboxylic acids is 1. The summed E-state index contributed by atoms with van der Waals surface area (Å²) in [6, 6.07) is 8.41. The van der Waals surface area contributed by atoms with Crippen molar-refractivity contribution in [3.05, 3.63) is 46.8 Å². The lowest BCUT2D eigenvalue weighted by atomic mass is 10.1. The number of aromatic nitrogens is 3. The second-order valence-electron chi connectivity index (χ2n) is 4.15. The van der Waals surface area contributed by atoms with Crippen LogP contribution in [0.1, 0.15) is 27.3 Å². The summed E-state index contributed by atoms with van der Waals surface area (Å²) < 4.78 is 1.66. The lowest BCUT2D eigenvalue weighted by Crippen LogP contribution is -2.02. The summed E-state index contributed by atoms with van der Waals surface area (Å²) in [5, 5.41) is 7.65. The molecule has 0 fully saturated rings. The molecule has 1 heterocycles. The minimum Gasteiger partial charge on any atom is -0.296 e. The van der Waals surface area contributed by atoms with Crippen LogP contribution in [0.5, 0.6) is 0 Å². The van der Waals surface area contributed by atoms with Crippen molar-refractivity contribution < 1.29 is 4.79 Å². The van der Waals surface area contributed by atoms with Crippen molar-refractivity contribution in [3.8, 4) is 0 Å². The number of nitrogens with zero attached hydrogens (tertiary/aromatic N) is 3. The Bertz CT molecular complexity index is 514. The summed E-state index contributed by atoms with van der Waals surface area (Å²) in [6.45, 7) is 2.07. The molecular formula is C13H15N3O. The van der Waals surface area contributed by atoms with Gasteiger partial charge in [-0.15, -0.1) is 5.10 Å². The third-order valence-electron chi connectivity index (χ3n) is 2.86.